The van der Waals surface area contributed by atoms with Gasteiger partial charge in [-0.15, -0.1) is 0 Å². The van der Waals surface area contributed by atoms with E-state index in [0.717, 1.165) is 24.0 Å². The van der Waals surface area contributed by atoms with Crippen molar-refractivity contribution < 1.29 is 14.4 Å². The SMILES string of the molecule is CCCCNC(=O)CCN1C(=O)C2Cc3ccccc3CN2C1=O. The molecule has 3 rings (SSSR count). The summed E-state index contributed by atoms with van der Waals surface area (Å²) in [7, 11) is 0. The maximum absolute atomic E-state index is 12.6. The largest absolute Gasteiger partial charge is 0.356 e. The number of urea groups is 1. The van der Waals surface area contributed by atoms with Gasteiger partial charge in [0, 0.05) is 32.5 Å². The van der Waals surface area contributed by atoms with Crippen LogP contribution in [0.4, 0.5) is 4.79 Å². The lowest BCUT2D eigenvalue weighted by Gasteiger charge is -2.28. The minimum atomic E-state index is -0.421. The second-order valence-corrected chi connectivity index (χ2v) is 6.34. The Labute approximate surface area is 141 Å². The van der Waals surface area contributed by atoms with Gasteiger partial charge in [-0.05, 0) is 17.5 Å². The van der Waals surface area contributed by atoms with E-state index in [-0.39, 0.29) is 30.8 Å². The normalized spacial score (nSPS) is 19.3. The van der Waals surface area contributed by atoms with Crippen LogP contribution in [-0.2, 0) is 22.6 Å². The van der Waals surface area contributed by atoms with E-state index >= 15 is 0 Å². The highest BCUT2D eigenvalue weighted by atomic mass is 16.2. The molecule has 128 valence electrons. The number of hydrogen-bond acceptors (Lipinski definition) is 3. The molecule has 1 aromatic carbocycles. The van der Waals surface area contributed by atoms with Crippen molar-refractivity contribution in [2.24, 2.45) is 0 Å². The van der Waals surface area contributed by atoms with E-state index in [2.05, 4.69) is 12.2 Å². The summed E-state index contributed by atoms with van der Waals surface area (Å²) >= 11 is 0. The van der Waals surface area contributed by atoms with Crippen molar-refractivity contribution >= 4 is 17.8 Å². The molecule has 0 spiro atoms. The number of fused-ring (bicyclic) bond motifs is 2. The molecule has 0 aliphatic carbocycles. The van der Waals surface area contributed by atoms with Gasteiger partial charge in [0.25, 0.3) is 5.91 Å². The van der Waals surface area contributed by atoms with Gasteiger partial charge in [0.2, 0.25) is 5.91 Å². The molecule has 1 unspecified atom stereocenters. The summed E-state index contributed by atoms with van der Waals surface area (Å²) < 4.78 is 0. The number of carbonyl (C=O) groups excluding carboxylic acids is 3. The molecule has 2 aliphatic heterocycles. The van der Waals surface area contributed by atoms with Crippen LogP contribution in [-0.4, -0.2) is 46.8 Å². The topological polar surface area (TPSA) is 69.7 Å². The third-order valence-electron chi connectivity index (χ3n) is 4.69. The van der Waals surface area contributed by atoms with Crippen LogP contribution in [0.5, 0.6) is 0 Å². The standard InChI is InChI=1S/C18H23N3O3/c1-2-3-9-19-16(22)8-10-20-17(23)15-11-13-6-4-5-7-14(13)12-21(15)18(20)24/h4-7,15H,2-3,8-12H2,1H3,(H,19,22). The zero-order valence-corrected chi connectivity index (χ0v) is 14.0. The maximum Gasteiger partial charge on any atom is 0.327 e. The van der Waals surface area contributed by atoms with Gasteiger partial charge in [0.1, 0.15) is 6.04 Å². The van der Waals surface area contributed by atoms with Crippen molar-refractivity contribution in [3.05, 3.63) is 35.4 Å². The summed E-state index contributed by atoms with van der Waals surface area (Å²) in [6.07, 6.45) is 2.66. The first-order valence-corrected chi connectivity index (χ1v) is 8.57. The van der Waals surface area contributed by atoms with Gasteiger partial charge in [-0.1, -0.05) is 37.6 Å². The van der Waals surface area contributed by atoms with Gasteiger partial charge in [0.05, 0.1) is 0 Å². The lowest BCUT2D eigenvalue weighted by molar-refractivity contribution is -0.129. The molecule has 1 saturated heterocycles. The number of benzene rings is 1. The number of carbonyl (C=O) groups is 3. The molecular weight excluding hydrogens is 306 g/mol. The molecule has 0 bridgehead atoms. The Morgan fingerprint density at radius 1 is 1.25 bits per heavy atom. The third-order valence-corrected chi connectivity index (χ3v) is 4.69. The number of imide groups is 1. The Morgan fingerprint density at radius 3 is 2.75 bits per heavy atom. The van der Waals surface area contributed by atoms with Crippen LogP contribution >= 0.6 is 0 Å². The molecule has 6 heteroatoms. The van der Waals surface area contributed by atoms with E-state index in [1.807, 2.05) is 24.3 Å². The molecular formula is C18H23N3O3. The van der Waals surface area contributed by atoms with E-state index in [1.165, 1.54) is 4.90 Å². The molecule has 6 nitrogen and oxygen atoms in total. The molecule has 2 aliphatic rings. The van der Waals surface area contributed by atoms with Crippen molar-refractivity contribution in [3.8, 4) is 0 Å². The minimum Gasteiger partial charge on any atom is -0.356 e. The van der Waals surface area contributed by atoms with Crippen LogP contribution in [0.2, 0.25) is 0 Å². The fourth-order valence-corrected chi connectivity index (χ4v) is 3.29. The van der Waals surface area contributed by atoms with Gasteiger partial charge in [-0.25, -0.2) is 4.79 Å². The predicted octanol–water partition coefficient (Wildman–Crippen LogP) is 1.68. The number of rotatable bonds is 6. The molecule has 24 heavy (non-hydrogen) atoms. The van der Waals surface area contributed by atoms with Gasteiger partial charge in [-0.2, -0.15) is 0 Å². The molecule has 0 aromatic heterocycles. The fourth-order valence-electron chi connectivity index (χ4n) is 3.29. The number of hydrogen-bond donors (Lipinski definition) is 1. The van der Waals surface area contributed by atoms with Crippen LogP contribution < -0.4 is 5.32 Å². The van der Waals surface area contributed by atoms with E-state index in [9.17, 15) is 14.4 Å². The first-order chi connectivity index (χ1) is 11.6. The van der Waals surface area contributed by atoms with E-state index in [0.29, 0.717) is 19.5 Å². The molecule has 0 saturated carbocycles. The summed E-state index contributed by atoms with van der Waals surface area (Å²) in [5, 5.41) is 2.81. The second kappa shape index (κ2) is 7.03. The van der Waals surface area contributed by atoms with E-state index in [4.69, 9.17) is 0 Å². The van der Waals surface area contributed by atoms with Crippen LogP contribution in [0.1, 0.15) is 37.3 Å². The van der Waals surface area contributed by atoms with Crippen molar-refractivity contribution in [1.29, 1.82) is 0 Å². The number of amides is 4. The minimum absolute atomic E-state index is 0.114. The highest BCUT2D eigenvalue weighted by Crippen LogP contribution is 2.29. The summed E-state index contributed by atoms with van der Waals surface area (Å²) in [4.78, 5) is 39.8. The maximum atomic E-state index is 12.6. The highest BCUT2D eigenvalue weighted by Gasteiger charge is 2.46. The first-order valence-electron chi connectivity index (χ1n) is 8.57. The number of unbranched alkanes of at least 4 members (excludes halogenated alkanes) is 1. The molecule has 2 heterocycles. The van der Waals surface area contributed by atoms with Crippen LogP contribution in [0.15, 0.2) is 24.3 Å². The molecule has 1 N–H and O–H groups in total. The van der Waals surface area contributed by atoms with Crippen LogP contribution in [0.25, 0.3) is 0 Å². The average Bonchev–Trinajstić information content (AvgIpc) is 2.82. The molecule has 1 atom stereocenters. The first kappa shape index (κ1) is 16.5. The Morgan fingerprint density at radius 2 is 2.00 bits per heavy atom. The van der Waals surface area contributed by atoms with Crippen molar-refractivity contribution in [3.63, 3.8) is 0 Å². The van der Waals surface area contributed by atoms with Crippen LogP contribution in [0.3, 0.4) is 0 Å². The Balaban J connectivity index is 1.61. The van der Waals surface area contributed by atoms with Gasteiger partial charge in [0.15, 0.2) is 0 Å². The molecule has 0 radical (unpaired) electrons. The van der Waals surface area contributed by atoms with E-state index < -0.39 is 6.04 Å². The smallest absolute Gasteiger partial charge is 0.327 e. The summed E-state index contributed by atoms with van der Waals surface area (Å²) in [6, 6.07) is 7.20. The highest BCUT2D eigenvalue weighted by molar-refractivity contribution is 6.04. The zero-order chi connectivity index (χ0) is 17.1. The van der Waals surface area contributed by atoms with Crippen LogP contribution in [0, 0.1) is 0 Å². The number of nitrogens with zero attached hydrogens (tertiary/aromatic N) is 2. The lowest BCUT2D eigenvalue weighted by atomic mass is 9.95. The molecule has 1 aromatic rings. The summed E-state index contributed by atoms with van der Waals surface area (Å²) in [6.45, 7) is 3.31. The predicted molar refractivity (Wildman–Crippen MR) is 89.1 cm³/mol. The van der Waals surface area contributed by atoms with Crippen molar-refractivity contribution in [1.82, 2.24) is 15.1 Å². The Bertz CT molecular complexity index is 616. The summed E-state index contributed by atoms with van der Waals surface area (Å²) in [5.74, 6) is -0.298. The van der Waals surface area contributed by atoms with Crippen molar-refractivity contribution in [2.45, 2.75) is 45.2 Å². The Kier molecular flexibility index (Phi) is 4.83. The van der Waals surface area contributed by atoms with E-state index in [1.54, 1.807) is 4.90 Å². The lowest BCUT2D eigenvalue weighted by Crippen LogP contribution is -2.39. The average molecular weight is 329 g/mol. The quantitative estimate of drug-likeness (QED) is 0.638. The third kappa shape index (κ3) is 3.13. The second-order valence-electron chi connectivity index (χ2n) is 6.34. The zero-order valence-electron chi connectivity index (χ0n) is 14.0. The van der Waals surface area contributed by atoms with Gasteiger partial charge < -0.3 is 10.2 Å². The fraction of sp³-hybridized carbons (Fsp3) is 0.500. The van der Waals surface area contributed by atoms with Gasteiger partial charge >= 0.3 is 6.03 Å². The summed E-state index contributed by atoms with van der Waals surface area (Å²) in [5.41, 5.74) is 2.22. The molecule has 4 amide bonds. The van der Waals surface area contributed by atoms with Gasteiger partial charge in [-0.3, -0.25) is 14.5 Å². The number of nitrogens with one attached hydrogen (secondary N) is 1. The monoisotopic (exact) mass is 329 g/mol. The van der Waals surface area contributed by atoms with Crippen molar-refractivity contribution in [2.75, 3.05) is 13.1 Å². The molecule has 1 fully saturated rings. The Hall–Kier alpha value is -2.37.